The summed E-state index contributed by atoms with van der Waals surface area (Å²) in [5, 5.41) is 2.73. The number of aromatic nitrogens is 1. The van der Waals surface area contributed by atoms with Crippen molar-refractivity contribution in [2.75, 3.05) is 13.2 Å². The van der Waals surface area contributed by atoms with Gasteiger partial charge in [0, 0.05) is 6.20 Å². The van der Waals surface area contributed by atoms with E-state index >= 15 is 0 Å². The second-order valence-corrected chi connectivity index (χ2v) is 9.01. The molecule has 31 heavy (non-hydrogen) atoms. The number of rotatable bonds is 17. The van der Waals surface area contributed by atoms with Crippen LogP contribution in [0.4, 0.5) is 4.79 Å². The summed E-state index contributed by atoms with van der Waals surface area (Å²) in [5.74, 6) is 0.619. The number of nitrogens with one attached hydrogen (secondary N) is 1. The summed E-state index contributed by atoms with van der Waals surface area (Å²) in [6, 6.07) is 5.63. The zero-order valence-corrected chi connectivity index (χ0v) is 19.7. The van der Waals surface area contributed by atoms with Crippen LogP contribution >= 0.6 is 0 Å². The normalized spacial score (nSPS) is 18.2. The minimum Gasteiger partial charge on any atom is -0.447 e. The molecule has 1 aromatic heterocycles. The molecule has 2 atom stereocenters. The standard InChI is InChI=1S/C26H44N2O3/c1-2-3-4-5-6-7-8-9-10-11-12-13-16-23-19-25(30-21-23)22-31-26(29)28-20-24-17-14-15-18-27-24/h14-15,17-18,23,25H,2-13,16,19-22H2,1H3,(H,28,29). The maximum Gasteiger partial charge on any atom is 0.407 e. The Labute approximate surface area is 189 Å². The number of ether oxygens (including phenoxy) is 2. The van der Waals surface area contributed by atoms with Crippen LogP contribution < -0.4 is 5.32 Å². The lowest BCUT2D eigenvalue weighted by atomic mass is 9.97. The molecule has 1 N–H and O–H groups in total. The van der Waals surface area contributed by atoms with Crippen molar-refractivity contribution in [1.29, 1.82) is 0 Å². The molecule has 1 saturated heterocycles. The monoisotopic (exact) mass is 432 g/mol. The summed E-state index contributed by atoms with van der Waals surface area (Å²) >= 11 is 0. The van der Waals surface area contributed by atoms with Crippen LogP contribution in [-0.2, 0) is 16.0 Å². The van der Waals surface area contributed by atoms with Crippen LogP contribution in [0.15, 0.2) is 24.4 Å². The molecule has 0 saturated carbocycles. The topological polar surface area (TPSA) is 60.5 Å². The number of hydrogen-bond donors (Lipinski definition) is 1. The lowest BCUT2D eigenvalue weighted by Crippen LogP contribution is -2.27. The fourth-order valence-corrected chi connectivity index (χ4v) is 4.26. The van der Waals surface area contributed by atoms with Crippen LogP contribution in [0.5, 0.6) is 0 Å². The van der Waals surface area contributed by atoms with Gasteiger partial charge in [-0.1, -0.05) is 90.0 Å². The van der Waals surface area contributed by atoms with Gasteiger partial charge in [-0.15, -0.1) is 0 Å². The van der Waals surface area contributed by atoms with Gasteiger partial charge in [-0.2, -0.15) is 0 Å². The Bertz CT molecular complexity index is 567. The first kappa shape index (κ1) is 25.6. The summed E-state index contributed by atoms with van der Waals surface area (Å²) in [6.07, 6.45) is 20.3. The molecule has 5 nitrogen and oxygen atoms in total. The second kappa shape index (κ2) is 17.0. The predicted octanol–water partition coefficient (Wildman–Crippen LogP) is 6.80. The third-order valence-corrected chi connectivity index (χ3v) is 6.17. The van der Waals surface area contributed by atoms with E-state index in [0.29, 0.717) is 19.1 Å². The van der Waals surface area contributed by atoms with E-state index in [1.807, 2.05) is 18.2 Å². The van der Waals surface area contributed by atoms with Gasteiger partial charge in [0.2, 0.25) is 0 Å². The third kappa shape index (κ3) is 12.7. The Morgan fingerprint density at radius 2 is 1.71 bits per heavy atom. The zero-order valence-electron chi connectivity index (χ0n) is 19.7. The molecule has 0 aromatic carbocycles. The molecule has 176 valence electrons. The number of unbranched alkanes of at least 4 members (excludes halogenated alkanes) is 11. The van der Waals surface area contributed by atoms with E-state index in [4.69, 9.17) is 9.47 Å². The van der Waals surface area contributed by atoms with Gasteiger partial charge in [-0.05, 0) is 30.9 Å². The molecule has 5 heteroatoms. The van der Waals surface area contributed by atoms with Crippen molar-refractivity contribution in [1.82, 2.24) is 10.3 Å². The molecule has 2 heterocycles. The Morgan fingerprint density at radius 3 is 2.35 bits per heavy atom. The Morgan fingerprint density at radius 1 is 1.03 bits per heavy atom. The van der Waals surface area contributed by atoms with Gasteiger partial charge in [-0.3, -0.25) is 4.98 Å². The lowest BCUT2D eigenvalue weighted by Gasteiger charge is -2.11. The zero-order chi connectivity index (χ0) is 22.0. The highest BCUT2D eigenvalue weighted by molar-refractivity contribution is 5.67. The molecule has 0 spiro atoms. The van der Waals surface area contributed by atoms with E-state index in [9.17, 15) is 4.79 Å². The average Bonchev–Trinajstić information content (AvgIpc) is 3.25. The number of alkyl carbamates (subject to hydrolysis) is 1. The van der Waals surface area contributed by atoms with Gasteiger partial charge >= 0.3 is 6.09 Å². The highest BCUT2D eigenvalue weighted by Crippen LogP contribution is 2.25. The Kier molecular flexibility index (Phi) is 14.1. The predicted molar refractivity (Wildman–Crippen MR) is 126 cm³/mol. The number of carbonyl (C=O) groups is 1. The van der Waals surface area contributed by atoms with E-state index in [-0.39, 0.29) is 6.10 Å². The Hall–Kier alpha value is -1.62. The average molecular weight is 433 g/mol. The van der Waals surface area contributed by atoms with Gasteiger partial charge in [-0.25, -0.2) is 4.79 Å². The molecule has 0 aliphatic carbocycles. The molecule has 1 fully saturated rings. The molecule has 0 radical (unpaired) electrons. The summed E-state index contributed by atoms with van der Waals surface area (Å²) in [6.45, 7) is 3.80. The number of pyridine rings is 1. The minimum absolute atomic E-state index is 0.0444. The van der Waals surface area contributed by atoms with Crippen LogP contribution in [0.2, 0.25) is 0 Å². The minimum atomic E-state index is -0.404. The summed E-state index contributed by atoms with van der Waals surface area (Å²) < 4.78 is 11.1. The van der Waals surface area contributed by atoms with Gasteiger partial charge in [0.25, 0.3) is 0 Å². The molecule has 1 aromatic rings. The van der Waals surface area contributed by atoms with Crippen LogP contribution in [0.3, 0.4) is 0 Å². The van der Waals surface area contributed by atoms with Gasteiger partial charge < -0.3 is 14.8 Å². The van der Waals surface area contributed by atoms with Crippen molar-refractivity contribution in [3.8, 4) is 0 Å². The highest BCUT2D eigenvalue weighted by Gasteiger charge is 2.26. The fourth-order valence-electron chi connectivity index (χ4n) is 4.26. The number of amides is 1. The first-order valence-corrected chi connectivity index (χ1v) is 12.7. The van der Waals surface area contributed by atoms with E-state index in [1.54, 1.807) is 6.20 Å². The summed E-state index contributed by atoms with van der Waals surface area (Å²) in [7, 11) is 0. The van der Waals surface area contributed by atoms with Gasteiger partial charge in [0.15, 0.2) is 0 Å². The van der Waals surface area contributed by atoms with Gasteiger partial charge in [0.05, 0.1) is 24.9 Å². The van der Waals surface area contributed by atoms with Crippen molar-refractivity contribution in [2.45, 2.75) is 109 Å². The van der Waals surface area contributed by atoms with Crippen LogP contribution in [0.25, 0.3) is 0 Å². The molecular weight excluding hydrogens is 388 g/mol. The van der Waals surface area contributed by atoms with E-state index in [1.165, 1.54) is 83.5 Å². The molecule has 2 rings (SSSR count). The summed E-state index contributed by atoms with van der Waals surface area (Å²) in [4.78, 5) is 16.0. The number of hydrogen-bond acceptors (Lipinski definition) is 4. The van der Waals surface area contributed by atoms with Crippen LogP contribution in [0.1, 0.15) is 103 Å². The van der Waals surface area contributed by atoms with Crippen LogP contribution in [-0.4, -0.2) is 30.4 Å². The van der Waals surface area contributed by atoms with Crippen LogP contribution in [0, 0.1) is 5.92 Å². The van der Waals surface area contributed by atoms with Crippen molar-refractivity contribution in [3.63, 3.8) is 0 Å². The molecule has 2 unspecified atom stereocenters. The molecule has 1 aliphatic heterocycles. The number of nitrogens with zero attached hydrogens (tertiary/aromatic N) is 1. The smallest absolute Gasteiger partial charge is 0.407 e. The van der Waals surface area contributed by atoms with E-state index < -0.39 is 6.09 Å². The molecular formula is C26H44N2O3. The van der Waals surface area contributed by atoms with Crippen molar-refractivity contribution in [3.05, 3.63) is 30.1 Å². The SMILES string of the molecule is CCCCCCCCCCCCCCC1COC(COC(=O)NCc2ccccn2)C1. The first-order chi connectivity index (χ1) is 15.3. The van der Waals surface area contributed by atoms with Crippen molar-refractivity contribution < 1.29 is 14.3 Å². The van der Waals surface area contributed by atoms with Gasteiger partial charge in [0.1, 0.15) is 6.61 Å². The summed E-state index contributed by atoms with van der Waals surface area (Å²) in [5.41, 5.74) is 0.819. The third-order valence-electron chi connectivity index (χ3n) is 6.17. The highest BCUT2D eigenvalue weighted by atomic mass is 16.6. The molecule has 0 bridgehead atoms. The largest absolute Gasteiger partial charge is 0.447 e. The fraction of sp³-hybridized carbons (Fsp3) is 0.769. The number of carbonyl (C=O) groups excluding carboxylic acids is 1. The quantitative estimate of drug-likeness (QED) is 0.275. The lowest BCUT2D eigenvalue weighted by molar-refractivity contribution is 0.0424. The van der Waals surface area contributed by atoms with Crippen molar-refractivity contribution in [2.24, 2.45) is 5.92 Å². The van der Waals surface area contributed by atoms with E-state index in [0.717, 1.165) is 18.7 Å². The maximum atomic E-state index is 11.8. The molecule has 1 amide bonds. The second-order valence-electron chi connectivity index (χ2n) is 9.01. The Balaban J connectivity index is 1.37. The van der Waals surface area contributed by atoms with Crippen molar-refractivity contribution >= 4 is 6.09 Å². The first-order valence-electron chi connectivity index (χ1n) is 12.7. The maximum absolute atomic E-state index is 11.8. The van der Waals surface area contributed by atoms with E-state index in [2.05, 4.69) is 17.2 Å². The molecule has 1 aliphatic rings.